The average molecular weight is 291 g/mol. The van der Waals surface area contributed by atoms with Crippen molar-refractivity contribution in [1.29, 1.82) is 0 Å². The number of hydrogen-bond donors (Lipinski definition) is 0. The molecule has 0 saturated heterocycles. The number of rotatable bonds is 2. The van der Waals surface area contributed by atoms with E-state index in [0.717, 1.165) is 21.8 Å². The number of aromatic nitrogens is 2. The van der Waals surface area contributed by atoms with Crippen molar-refractivity contribution in [3.05, 3.63) is 58.9 Å². The molecule has 0 saturated carbocycles. The smallest absolute Gasteiger partial charge is 0.141 e. The van der Waals surface area contributed by atoms with Crippen molar-refractivity contribution in [2.75, 3.05) is 0 Å². The van der Waals surface area contributed by atoms with Gasteiger partial charge in [-0.2, -0.15) is 0 Å². The van der Waals surface area contributed by atoms with Gasteiger partial charge in [-0.3, -0.25) is 4.98 Å². The summed E-state index contributed by atoms with van der Waals surface area (Å²) >= 11 is 7.27. The Morgan fingerprint density at radius 1 is 1.16 bits per heavy atom. The molecule has 0 unspecified atom stereocenters. The monoisotopic (exact) mass is 290 g/mol. The van der Waals surface area contributed by atoms with Gasteiger partial charge in [0.1, 0.15) is 10.8 Å². The molecule has 5 heteroatoms. The van der Waals surface area contributed by atoms with Gasteiger partial charge in [-0.1, -0.05) is 11.6 Å². The molecule has 3 rings (SSSR count). The predicted octanol–water partition coefficient (Wildman–Crippen LogP) is 4.66. The van der Waals surface area contributed by atoms with Gasteiger partial charge >= 0.3 is 0 Å². The molecule has 19 heavy (non-hydrogen) atoms. The van der Waals surface area contributed by atoms with Crippen LogP contribution >= 0.6 is 22.9 Å². The van der Waals surface area contributed by atoms with Gasteiger partial charge in [0.2, 0.25) is 0 Å². The summed E-state index contributed by atoms with van der Waals surface area (Å²) in [6, 6.07) is 8.42. The molecule has 0 bridgehead atoms. The lowest BCUT2D eigenvalue weighted by atomic mass is 10.2. The zero-order valence-electron chi connectivity index (χ0n) is 9.68. The minimum absolute atomic E-state index is 0.107. The Bertz CT molecular complexity index is 712. The molecule has 0 N–H and O–H groups in total. The van der Waals surface area contributed by atoms with Crippen molar-refractivity contribution in [2.24, 2.45) is 0 Å². The fourth-order valence-electron chi connectivity index (χ4n) is 1.68. The molecule has 2 nitrogen and oxygen atoms in total. The second-order valence-corrected chi connectivity index (χ2v) is 5.17. The fourth-order valence-corrected chi connectivity index (χ4v) is 2.69. The van der Waals surface area contributed by atoms with E-state index in [0.29, 0.717) is 0 Å². The van der Waals surface area contributed by atoms with E-state index in [2.05, 4.69) is 9.97 Å². The summed E-state index contributed by atoms with van der Waals surface area (Å²) < 4.78 is 13.1. The van der Waals surface area contributed by atoms with Crippen LogP contribution in [-0.4, -0.2) is 9.97 Å². The van der Waals surface area contributed by atoms with Crippen LogP contribution in [0.1, 0.15) is 0 Å². The average Bonchev–Trinajstić information content (AvgIpc) is 2.93. The van der Waals surface area contributed by atoms with E-state index < -0.39 is 5.82 Å². The molecule has 0 spiro atoms. The fraction of sp³-hybridized carbons (Fsp3) is 0. The van der Waals surface area contributed by atoms with Crippen LogP contribution in [0.3, 0.4) is 0 Å². The molecule has 0 aliphatic carbocycles. The minimum atomic E-state index is -0.422. The van der Waals surface area contributed by atoms with Gasteiger partial charge in [0.15, 0.2) is 0 Å². The Morgan fingerprint density at radius 2 is 2.05 bits per heavy atom. The SMILES string of the molecule is Fc1ccc(-c2nc(-c3cccnc3)cs2)cc1Cl. The lowest BCUT2D eigenvalue weighted by Crippen LogP contribution is -1.82. The van der Waals surface area contributed by atoms with E-state index in [1.54, 1.807) is 24.5 Å². The number of halogens is 2. The quantitative estimate of drug-likeness (QED) is 0.686. The molecule has 0 radical (unpaired) electrons. The number of hydrogen-bond acceptors (Lipinski definition) is 3. The van der Waals surface area contributed by atoms with Crippen LogP contribution in [0.5, 0.6) is 0 Å². The Labute approximate surface area is 118 Å². The van der Waals surface area contributed by atoms with Crippen LogP contribution < -0.4 is 0 Å². The van der Waals surface area contributed by atoms with Gasteiger partial charge in [-0.25, -0.2) is 9.37 Å². The summed E-state index contributed by atoms with van der Waals surface area (Å²) in [5.41, 5.74) is 2.62. The summed E-state index contributed by atoms with van der Waals surface area (Å²) in [5, 5.41) is 2.86. The number of thiazole rings is 1. The Kier molecular flexibility index (Phi) is 3.27. The van der Waals surface area contributed by atoms with E-state index in [-0.39, 0.29) is 5.02 Å². The number of benzene rings is 1. The third-order valence-electron chi connectivity index (χ3n) is 2.63. The summed E-state index contributed by atoms with van der Waals surface area (Å²) in [7, 11) is 0. The van der Waals surface area contributed by atoms with Crippen molar-refractivity contribution in [1.82, 2.24) is 9.97 Å². The van der Waals surface area contributed by atoms with Crippen LogP contribution in [0.4, 0.5) is 4.39 Å². The summed E-state index contributed by atoms with van der Waals surface area (Å²) in [5.74, 6) is -0.422. The van der Waals surface area contributed by atoms with Crippen molar-refractivity contribution < 1.29 is 4.39 Å². The second-order valence-electron chi connectivity index (χ2n) is 3.91. The summed E-state index contributed by atoms with van der Waals surface area (Å²) in [6.07, 6.45) is 3.48. The van der Waals surface area contributed by atoms with Crippen LogP contribution in [0.15, 0.2) is 48.1 Å². The highest BCUT2D eigenvalue weighted by atomic mass is 35.5. The third-order valence-corrected chi connectivity index (χ3v) is 3.81. The standard InChI is InChI=1S/C14H8ClFN2S/c15-11-6-9(3-4-12(11)16)14-18-13(8-19-14)10-2-1-5-17-7-10/h1-8H. The normalized spacial score (nSPS) is 10.6. The lowest BCUT2D eigenvalue weighted by Gasteiger charge is -1.98. The van der Waals surface area contributed by atoms with Crippen molar-refractivity contribution >= 4 is 22.9 Å². The zero-order chi connectivity index (χ0) is 13.2. The van der Waals surface area contributed by atoms with Crippen LogP contribution in [0.2, 0.25) is 5.02 Å². The first kappa shape index (κ1) is 12.3. The highest BCUT2D eigenvalue weighted by Gasteiger charge is 2.08. The molecule has 1 aromatic carbocycles. The van der Waals surface area contributed by atoms with Gasteiger partial charge in [-0.15, -0.1) is 11.3 Å². The predicted molar refractivity (Wildman–Crippen MR) is 75.7 cm³/mol. The molecule has 94 valence electrons. The summed E-state index contributed by atoms with van der Waals surface area (Å²) in [4.78, 5) is 8.58. The number of nitrogens with zero attached hydrogens (tertiary/aromatic N) is 2. The van der Waals surface area contributed by atoms with Crippen molar-refractivity contribution in [3.63, 3.8) is 0 Å². The maximum Gasteiger partial charge on any atom is 0.141 e. The van der Waals surface area contributed by atoms with Gasteiger partial charge in [0, 0.05) is 28.9 Å². The molecule has 2 aromatic heterocycles. The molecule has 2 heterocycles. The van der Waals surface area contributed by atoms with E-state index in [1.165, 1.54) is 17.4 Å². The maximum atomic E-state index is 13.1. The number of pyridine rings is 1. The Balaban J connectivity index is 1.99. The first-order chi connectivity index (χ1) is 9.24. The molecule has 0 fully saturated rings. The van der Waals surface area contributed by atoms with Gasteiger partial charge < -0.3 is 0 Å². The van der Waals surface area contributed by atoms with Gasteiger partial charge in [0.05, 0.1) is 10.7 Å². The highest BCUT2D eigenvalue weighted by molar-refractivity contribution is 7.13. The maximum absolute atomic E-state index is 13.1. The van der Waals surface area contributed by atoms with Gasteiger partial charge in [-0.05, 0) is 30.3 Å². The lowest BCUT2D eigenvalue weighted by molar-refractivity contribution is 0.628. The molecule has 0 atom stereocenters. The van der Waals surface area contributed by atoms with Crippen molar-refractivity contribution in [3.8, 4) is 21.8 Å². The molecular formula is C14H8ClFN2S. The Hall–Kier alpha value is -1.78. The first-order valence-electron chi connectivity index (χ1n) is 5.55. The Morgan fingerprint density at radius 3 is 2.79 bits per heavy atom. The summed E-state index contributed by atoms with van der Waals surface area (Å²) in [6.45, 7) is 0. The molecule has 3 aromatic rings. The molecular weight excluding hydrogens is 283 g/mol. The van der Waals surface area contributed by atoms with E-state index in [9.17, 15) is 4.39 Å². The topological polar surface area (TPSA) is 25.8 Å². The van der Waals surface area contributed by atoms with E-state index in [4.69, 9.17) is 11.6 Å². The largest absolute Gasteiger partial charge is 0.264 e. The highest BCUT2D eigenvalue weighted by Crippen LogP contribution is 2.30. The first-order valence-corrected chi connectivity index (χ1v) is 6.81. The molecule has 0 aliphatic heterocycles. The minimum Gasteiger partial charge on any atom is -0.264 e. The van der Waals surface area contributed by atoms with Crippen LogP contribution in [-0.2, 0) is 0 Å². The third kappa shape index (κ3) is 2.50. The van der Waals surface area contributed by atoms with E-state index >= 15 is 0 Å². The second kappa shape index (κ2) is 5.07. The molecule has 0 aliphatic rings. The molecule has 0 amide bonds. The van der Waals surface area contributed by atoms with Crippen molar-refractivity contribution in [2.45, 2.75) is 0 Å². The van der Waals surface area contributed by atoms with Crippen LogP contribution in [0, 0.1) is 5.82 Å². The zero-order valence-corrected chi connectivity index (χ0v) is 11.2. The van der Waals surface area contributed by atoms with E-state index in [1.807, 2.05) is 17.5 Å². The van der Waals surface area contributed by atoms with Crippen LogP contribution in [0.25, 0.3) is 21.8 Å². The van der Waals surface area contributed by atoms with Gasteiger partial charge in [0.25, 0.3) is 0 Å².